The average Bonchev–Trinajstić information content (AvgIpc) is 3.07. The Labute approximate surface area is 129 Å². The van der Waals surface area contributed by atoms with Crippen molar-refractivity contribution in [3.63, 3.8) is 0 Å². The molecule has 6 nitrogen and oxygen atoms in total. The van der Waals surface area contributed by atoms with E-state index in [2.05, 4.69) is 32.2 Å². The molecule has 1 heterocycles. The number of amides is 1. The molecule has 1 aliphatic carbocycles. The summed E-state index contributed by atoms with van der Waals surface area (Å²) in [5.41, 5.74) is 1.21. The Morgan fingerprint density at radius 3 is 2.82 bits per heavy atom. The molecule has 0 saturated heterocycles. The molecule has 0 unspecified atom stereocenters. The van der Waals surface area contributed by atoms with Gasteiger partial charge >= 0.3 is 6.09 Å². The number of nitrogens with one attached hydrogen (secondary N) is 1. The Morgan fingerprint density at radius 2 is 2.09 bits per heavy atom. The van der Waals surface area contributed by atoms with E-state index in [1.165, 1.54) is 5.56 Å². The number of hydrogen-bond acceptors (Lipinski definition) is 3. The van der Waals surface area contributed by atoms with Gasteiger partial charge in [-0.15, -0.1) is 10.2 Å². The standard InChI is InChI=1S/C16H20N4O2/c1-20-14(9-11-5-3-2-4-6-11)18-19-15(20)12-7-8-13(10-12)17-16(21)22/h2-6,12-13,17H,7-10H2,1H3,(H,21,22)/t12-,13-/m0/s1. The quantitative estimate of drug-likeness (QED) is 0.908. The van der Waals surface area contributed by atoms with Crippen LogP contribution in [0.1, 0.15) is 42.4 Å². The van der Waals surface area contributed by atoms with Crippen LogP contribution in [0.3, 0.4) is 0 Å². The van der Waals surface area contributed by atoms with Crippen molar-refractivity contribution in [3.05, 3.63) is 47.5 Å². The fourth-order valence-corrected chi connectivity index (χ4v) is 3.18. The van der Waals surface area contributed by atoms with Crippen LogP contribution >= 0.6 is 0 Å². The van der Waals surface area contributed by atoms with Gasteiger partial charge in [0.05, 0.1) is 0 Å². The lowest BCUT2D eigenvalue weighted by Crippen LogP contribution is -2.31. The molecule has 2 aromatic rings. The minimum absolute atomic E-state index is 0.0248. The van der Waals surface area contributed by atoms with Crippen LogP contribution in [0.4, 0.5) is 4.79 Å². The fraction of sp³-hybridized carbons (Fsp3) is 0.438. The van der Waals surface area contributed by atoms with Gasteiger partial charge in [-0.1, -0.05) is 30.3 Å². The van der Waals surface area contributed by atoms with E-state index < -0.39 is 6.09 Å². The normalized spacial score (nSPS) is 21.0. The maximum Gasteiger partial charge on any atom is 0.404 e. The Balaban J connectivity index is 1.70. The summed E-state index contributed by atoms with van der Waals surface area (Å²) in [7, 11) is 1.99. The van der Waals surface area contributed by atoms with Gasteiger partial charge in [-0.05, 0) is 24.8 Å². The minimum Gasteiger partial charge on any atom is -0.465 e. The molecule has 116 valence electrons. The van der Waals surface area contributed by atoms with Crippen molar-refractivity contribution in [2.45, 2.75) is 37.6 Å². The first-order valence-corrected chi connectivity index (χ1v) is 7.55. The highest BCUT2D eigenvalue weighted by atomic mass is 16.4. The van der Waals surface area contributed by atoms with E-state index in [1.807, 2.05) is 25.2 Å². The highest BCUT2D eigenvalue weighted by molar-refractivity contribution is 5.64. The zero-order valence-corrected chi connectivity index (χ0v) is 12.6. The van der Waals surface area contributed by atoms with Crippen molar-refractivity contribution in [2.24, 2.45) is 7.05 Å². The Bertz CT molecular complexity index is 653. The number of nitrogens with zero attached hydrogens (tertiary/aromatic N) is 3. The van der Waals surface area contributed by atoms with E-state index in [9.17, 15) is 4.79 Å². The summed E-state index contributed by atoms with van der Waals surface area (Å²) in [5, 5.41) is 20.0. The molecular formula is C16H20N4O2. The van der Waals surface area contributed by atoms with Crippen LogP contribution in [-0.4, -0.2) is 32.0 Å². The summed E-state index contributed by atoms with van der Waals surface area (Å²) in [6, 6.07) is 10.2. The Hall–Kier alpha value is -2.37. The van der Waals surface area contributed by atoms with E-state index in [4.69, 9.17) is 5.11 Å². The van der Waals surface area contributed by atoms with Crippen molar-refractivity contribution in [1.29, 1.82) is 0 Å². The lowest BCUT2D eigenvalue weighted by Gasteiger charge is -2.11. The third-order valence-electron chi connectivity index (χ3n) is 4.33. The molecule has 0 bridgehead atoms. The number of carboxylic acid groups (broad SMARTS) is 1. The average molecular weight is 300 g/mol. The smallest absolute Gasteiger partial charge is 0.404 e. The molecule has 0 spiro atoms. The second kappa shape index (κ2) is 6.17. The van der Waals surface area contributed by atoms with E-state index in [0.29, 0.717) is 0 Å². The van der Waals surface area contributed by atoms with E-state index >= 15 is 0 Å². The van der Waals surface area contributed by atoms with Crippen LogP contribution in [0, 0.1) is 0 Å². The molecule has 3 rings (SSSR count). The summed E-state index contributed by atoms with van der Waals surface area (Å²) in [6.45, 7) is 0. The van der Waals surface area contributed by atoms with Crippen LogP contribution in [0.5, 0.6) is 0 Å². The number of rotatable bonds is 4. The van der Waals surface area contributed by atoms with Gasteiger partial charge in [-0.25, -0.2) is 4.79 Å². The Kier molecular flexibility index (Phi) is 4.09. The van der Waals surface area contributed by atoms with Crippen molar-refractivity contribution in [3.8, 4) is 0 Å². The largest absolute Gasteiger partial charge is 0.465 e. The molecule has 1 aliphatic rings. The van der Waals surface area contributed by atoms with Crippen molar-refractivity contribution >= 4 is 6.09 Å². The van der Waals surface area contributed by atoms with Crippen molar-refractivity contribution in [1.82, 2.24) is 20.1 Å². The summed E-state index contributed by atoms with van der Waals surface area (Å²) < 4.78 is 2.06. The monoisotopic (exact) mass is 300 g/mol. The third-order valence-corrected chi connectivity index (χ3v) is 4.33. The minimum atomic E-state index is -0.951. The number of hydrogen-bond donors (Lipinski definition) is 2. The van der Waals surface area contributed by atoms with Gasteiger partial charge in [0.1, 0.15) is 11.6 Å². The summed E-state index contributed by atoms with van der Waals surface area (Å²) in [6.07, 6.45) is 2.41. The lowest BCUT2D eigenvalue weighted by molar-refractivity contribution is 0.190. The van der Waals surface area contributed by atoms with E-state index in [0.717, 1.165) is 37.3 Å². The third kappa shape index (κ3) is 3.10. The molecule has 1 fully saturated rings. The summed E-state index contributed by atoms with van der Waals surface area (Å²) >= 11 is 0. The molecule has 0 radical (unpaired) electrons. The van der Waals surface area contributed by atoms with Crippen LogP contribution in [0.15, 0.2) is 30.3 Å². The second-order valence-electron chi connectivity index (χ2n) is 5.85. The van der Waals surface area contributed by atoms with Crippen LogP contribution in [0.2, 0.25) is 0 Å². The van der Waals surface area contributed by atoms with Crippen LogP contribution in [-0.2, 0) is 13.5 Å². The number of benzene rings is 1. The molecule has 1 amide bonds. The van der Waals surface area contributed by atoms with Gasteiger partial charge in [0.2, 0.25) is 0 Å². The van der Waals surface area contributed by atoms with Gasteiger partial charge in [-0.2, -0.15) is 0 Å². The first-order valence-electron chi connectivity index (χ1n) is 7.55. The molecule has 2 atom stereocenters. The highest BCUT2D eigenvalue weighted by Crippen LogP contribution is 2.33. The van der Waals surface area contributed by atoms with Crippen molar-refractivity contribution < 1.29 is 9.90 Å². The Morgan fingerprint density at radius 1 is 1.32 bits per heavy atom. The van der Waals surface area contributed by atoms with Gasteiger partial charge in [0.15, 0.2) is 0 Å². The number of carbonyl (C=O) groups is 1. The molecule has 1 aromatic heterocycles. The van der Waals surface area contributed by atoms with E-state index in [-0.39, 0.29) is 12.0 Å². The zero-order valence-electron chi connectivity index (χ0n) is 12.6. The van der Waals surface area contributed by atoms with Crippen LogP contribution in [0.25, 0.3) is 0 Å². The number of aromatic nitrogens is 3. The zero-order chi connectivity index (χ0) is 15.5. The molecule has 6 heteroatoms. The first kappa shape index (κ1) is 14.6. The molecule has 22 heavy (non-hydrogen) atoms. The van der Waals surface area contributed by atoms with Gasteiger partial charge in [-0.3, -0.25) is 0 Å². The van der Waals surface area contributed by atoms with Crippen LogP contribution < -0.4 is 5.32 Å². The van der Waals surface area contributed by atoms with E-state index in [1.54, 1.807) is 0 Å². The van der Waals surface area contributed by atoms with Crippen molar-refractivity contribution in [2.75, 3.05) is 0 Å². The van der Waals surface area contributed by atoms with Gasteiger partial charge in [0.25, 0.3) is 0 Å². The lowest BCUT2D eigenvalue weighted by atomic mass is 10.1. The SMILES string of the molecule is Cn1c(Cc2ccccc2)nnc1[C@H]1CC[C@H](NC(=O)O)C1. The maximum atomic E-state index is 10.7. The summed E-state index contributed by atoms with van der Waals surface area (Å²) in [4.78, 5) is 10.7. The molecule has 2 N–H and O–H groups in total. The second-order valence-corrected chi connectivity index (χ2v) is 5.85. The van der Waals surface area contributed by atoms with Gasteiger partial charge in [0, 0.05) is 25.4 Å². The maximum absolute atomic E-state index is 10.7. The molecule has 1 saturated carbocycles. The first-order chi connectivity index (χ1) is 10.6. The van der Waals surface area contributed by atoms with Gasteiger partial charge < -0.3 is 15.0 Å². The fourth-order valence-electron chi connectivity index (χ4n) is 3.18. The highest BCUT2D eigenvalue weighted by Gasteiger charge is 2.30. The summed E-state index contributed by atoms with van der Waals surface area (Å²) in [5.74, 6) is 2.18. The molecule has 0 aliphatic heterocycles. The molecular weight excluding hydrogens is 280 g/mol. The predicted octanol–water partition coefficient (Wildman–Crippen LogP) is 2.31. The predicted molar refractivity (Wildman–Crippen MR) is 81.8 cm³/mol. The topological polar surface area (TPSA) is 80.0 Å². The molecule has 1 aromatic carbocycles.